The first-order valence-corrected chi connectivity index (χ1v) is 8.19. The molecule has 3 rings (SSSR count). The molecule has 1 aliphatic rings. The first-order valence-electron chi connectivity index (χ1n) is 8.19. The molecule has 0 bridgehead atoms. The Kier molecular flexibility index (Phi) is 4.89. The van der Waals surface area contributed by atoms with Gasteiger partial charge >= 0.3 is 0 Å². The predicted octanol–water partition coefficient (Wildman–Crippen LogP) is 1.70. The summed E-state index contributed by atoms with van der Waals surface area (Å²) in [5, 5.41) is 0. The lowest BCUT2D eigenvalue weighted by Crippen LogP contribution is -2.40. The highest BCUT2D eigenvalue weighted by atomic mass is 16.4. The molecular formula is C17H23N5O2. The van der Waals surface area contributed by atoms with Crippen LogP contribution in [0.3, 0.4) is 0 Å². The number of oxazole rings is 1. The fraction of sp³-hybridized carbons (Fsp3) is 0.529. The van der Waals surface area contributed by atoms with E-state index in [1.54, 1.807) is 19.3 Å². The number of carbonyl (C=O) groups is 1. The van der Waals surface area contributed by atoms with Crippen LogP contribution in [0.1, 0.15) is 36.4 Å². The number of aromatic nitrogens is 3. The Morgan fingerprint density at radius 1 is 1.29 bits per heavy atom. The first-order chi connectivity index (χ1) is 11.5. The number of hydrogen-bond acceptors (Lipinski definition) is 6. The molecular weight excluding hydrogens is 306 g/mol. The lowest BCUT2D eigenvalue weighted by Gasteiger charge is -2.27. The van der Waals surface area contributed by atoms with Crippen molar-refractivity contribution in [1.82, 2.24) is 24.8 Å². The van der Waals surface area contributed by atoms with Crippen LogP contribution < -0.4 is 0 Å². The van der Waals surface area contributed by atoms with Crippen LogP contribution in [0.15, 0.2) is 23.0 Å². The summed E-state index contributed by atoms with van der Waals surface area (Å²) in [6.45, 7) is 8.33. The summed E-state index contributed by atoms with van der Waals surface area (Å²) in [6.07, 6.45) is 6.24. The summed E-state index contributed by atoms with van der Waals surface area (Å²) in [5.41, 5.74) is 1.88. The third kappa shape index (κ3) is 3.97. The Labute approximate surface area is 141 Å². The molecule has 2 aromatic heterocycles. The normalized spacial score (nSPS) is 18.0. The van der Waals surface area contributed by atoms with Crippen molar-refractivity contribution < 1.29 is 9.21 Å². The van der Waals surface area contributed by atoms with Gasteiger partial charge in [0.05, 0.1) is 24.1 Å². The van der Waals surface area contributed by atoms with Gasteiger partial charge in [0.1, 0.15) is 5.76 Å². The van der Waals surface area contributed by atoms with E-state index in [0.29, 0.717) is 12.4 Å². The van der Waals surface area contributed by atoms with Crippen molar-refractivity contribution in [3.8, 4) is 0 Å². The molecule has 7 nitrogen and oxygen atoms in total. The number of amides is 1. The first kappa shape index (κ1) is 16.6. The van der Waals surface area contributed by atoms with Gasteiger partial charge in [-0.15, -0.1) is 0 Å². The molecule has 0 saturated carbocycles. The molecule has 1 atom stereocenters. The topological polar surface area (TPSA) is 75.4 Å². The van der Waals surface area contributed by atoms with Gasteiger partial charge in [-0.3, -0.25) is 19.7 Å². The highest BCUT2D eigenvalue weighted by molar-refractivity contribution is 5.73. The van der Waals surface area contributed by atoms with E-state index >= 15 is 0 Å². The third-order valence-electron chi connectivity index (χ3n) is 4.29. The Morgan fingerprint density at radius 2 is 2.12 bits per heavy atom. The summed E-state index contributed by atoms with van der Waals surface area (Å²) >= 11 is 0. The van der Waals surface area contributed by atoms with Crippen LogP contribution in [0.5, 0.6) is 0 Å². The van der Waals surface area contributed by atoms with Gasteiger partial charge in [-0.05, 0) is 20.3 Å². The maximum atomic E-state index is 12.1. The monoisotopic (exact) mass is 329 g/mol. The van der Waals surface area contributed by atoms with Crippen LogP contribution in [0.2, 0.25) is 0 Å². The summed E-state index contributed by atoms with van der Waals surface area (Å²) in [4.78, 5) is 29.1. The van der Waals surface area contributed by atoms with Crippen molar-refractivity contribution in [2.24, 2.45) is 0 Å². The molecule has 24 heavy (non-hydrogen) atoms. The average Bonchev–Trinajstić information content (AvgIpc) is 3.16. The van der Waals surface area contributed by atoms with E-state index in [9.17, 15) is 4.79 Å². The fourth-order valence-corrected chi connectivity index (χ4v) is 3.06. The number of rotatable bonds is 5. The van der Waals surface area contributed by atoms with E-state index in [1.165, 1.54) is 0 Å². The molecule has 0 spiro atoms. The molecule has 1 fully saturated rings. The lowest BCUT2D eigenvalue weighted by atomic mass is 10.2. The Balaban J connectivity index is 1.61. The van der Waals surface area contributed by atoms with Gasteiger partial charge < -0.3 is 9.32 Å². The standard InChI is InChI=1S/C17H23N5O2/c1-12-6-19-15(8-18-12)9-21-5-4-16(10-21)22(14(3)23)11-17-20-7-13(2)24-17/h6-8,16H,4-5,9-11H2,1-3H3/t16-/m1/s1. The zero-order valence-electron chi connectivity index (χ0n) is 14.4. The van der Waals surface area contributed by atoms with E-state index < -0.39 is 0 Å². The zero-order valence-corrected chi connectivity index (χ0v) is 14.4. The molecule has 1 aliphatic heterocycles. The summed E-state index contributed by atoms with van der Waals surface area (Å²) < 4.78 is 5.52. The molecule has 0 unspecified atom stereocenters. The molecule has 7 heteroatoms. The largest absolute Gasteiger partial charge is 0.444 e. The van der Waals surface area contributed by atoms with Crippen LogP contribution in [0.4, 0.5) is 0 Å². The van der Waals surface area contributed by atoms with Gasteiger partial charge in [0, 0.05) is 45.0 Å². The average molecular weight is 329 g/mol. The lowest BCUT2D eigenvalue weighted by molar-refractivity contribution is -0.132. The van der Waals surface area contributed by atoms with Gasteiger partial charge in [0.25, 0.3) is 0 Å². The molecule has 0 radical (unpaired) electrons. The SMILES string of the molecule is CC(=O)N(Cc1ncc(C)o1)[C@@H]1CCN(Cc2cnc(C)cn2)C1. The summed E-state index contributed by atoms with van der Waals surface area (Å²) in [5.74, 6) is 1.40. The van der Waals surface area contributed by atoms with E-state index in [1.807, 2.05) is 24.9 Å². The summed E-state index contributed by atoms with van der Waals surface area (Å²) in [7, 11) is 0. The second-order valence-electron chi connectivity index (χ2n) is 6.34. The maximum absolute atomic E-state index is 12.1. The van der Waals surface area contributed by atoms with Crippen LogP contribution in [-0.4, -0.2) is 49.8 Å². The number of nitrogens with zero attached hydrogens (tertiary/aromatic N) is 5. The number of hydrogen-bond donors (Lipinski definition) is 0. The third-order valence-corrected chi connectivity index (χ3v) is 4.29. The molecule has 0 aliphatic carbocycles. The van der Waals surface area contributed by atoms with Crippen molar-refractivity contribution in [2.75, 3.05) is 13.1 Å². The molecule has 2 aromatic rings. The highest BCUT2D eigenvalue weighted by Gasteiger charge is 2.30. The van der Waals surface area contributed by atoms with Gasteiger partial charge in [0.2, 0.25) is 11.8 Å². The minimum atomic E-state index is 0.0489. The predicted molar refractivity (Wildman–Crippen MR) is 87.9 cm³/mol. The second-order valence-corrected chi connectivity index (χ2v) is 6.34. The van der Waals surface area contributed by atoms with Crippen molar-refractivity contribution >= 4 is 5.91 Å². The zero-order chi connectivity index (χ0) is 17.1. The van der Waals surface area contributed by atoms with Crippen molar-refractivity contribution in [2.45, 2.75) is 46.3 Å². The summed E-state index contributed by atoms with van der Waals surface area (Å²) in [6, 6.07) is 0.174. The Hall–Kier alpha value is -2.28. The number of aryl methyl sites for hydroxylation is 2. The number of carbonyl (C=O) groups excluding carboxylic acids is 1. The molecule has 3 heterocycles. The molecule has 0 N–H and O–H groups in total. The van der Waals surface area contributed by atoms with Crippen LogP contribution in [0, 0.1) is 13.8 Å². The van der Waals surface area contributed by atoms with Gasteiger partial charge in [0.15, 0.2) is 0 Å². The van der Waals surface area contributed by atoms with Crippen LogP contribution in [0.25, 0.3) is 0 Å². The molecule has 0 aromatic carbocycles. The second kappa shape index (κ2) is 7.09. The molecule has 1 amide bonds. The Morgan fingerprint density at radius 3 is 2.75 bits per heavy atom. The molecule has 128 valence electrons. The molecule has 1 saturated heterocycles. The smallest absolute Gasteiger partial charge is 0.220 e. The fourth-order valence-electron chi connectivity index (χ4n) is 3.06. The minimum Gasteiger partial charge on any atom is -0.444 e. The van der Waals surface area contributed by atoms with Gasteiger partial charge in [-0.2, -0.15) is 0 Å². The van der Waals surface area contributed by atoms with E-state index in [0.717, 1.165) is 43.2 Å². The van der Waals surface area contributed by atoms with E-state index in [-0.39, 0.29) is 11.9 Å². The number of likely N-dealkylation sites (tertiary alicyclic amines) is 1. The maximum Gasteiger partial charge on any atom is 0.220 e. The van der Waals surface area contributed by atoms with Gasteiger partial charge in [-0.25, -0.2) is 4.98 Å². The quantitative estimate of drug-likeness (QED) is 0.831. The van der Waals surface area contributed by atoms with Crippen molar-refractivity contribution in [3.05, 3.63) is 41.6 Å². The Bertz CT molecular complexity index is 697. The highest BCUT2D eigenvalue weighted by Crippen LogP contribution is 2.20. The minimum absolute atomic E-state index is 0.0489. The van der Waals surface area contributed by atoms with Gasteiger partial charge in [-0.1, -0.05) is 0 Å². The van der Waals surface area contributed by atoms with Crippen LogP contribution >= 0.6 is 0 Å². The van der Waals surface area contributed by atoms with E-state index in [2.05, 4.69) is 19.9 Å². The van der Waals surface area contributed by atoms with Crippen molar-refractivity contribution in [3.63, 3.8) is 0 Å². The van der Waals surface area contributed by atoms with E-state index in [4.69, 9.17) is 4.42 Å². The van der Waals surface area contributed by atoms with Crippen molar-refractivity contribution in [1.29, 1.82) is 0 Å². The van der Waals surface area contributed by atoms with Crippen LogP contribution in [-0.2, 0) is 17.9 Å².